The molecule has 1 aromatic carbocycles. The number of hydrogen-bond donors (Lipinski definition) is 0. The lowest BCUT2D eigenvalue weighted by molar-refractivity contribution is -0.138. The standard InChI is InChI=1S/C14H14O2/c1-10(2)8-13-12(9-14(15)16-13)11-6-4-3-5-7-11/h3-7,9,13H,1,8H2,2H3/t13-/m1/s1. The molecule has 0 saturated carbocycles. The second-order valence-electron chi connectivity index (χ2n) is 4.05. The third-order valence-electron chi connectivity index (χ3n) is 2.52. The zero-order valence-electron chi connectivity index (χ0n) is 9.27. The first-order valence-corrected chi connectivity index (χ1v) is 5.29. The fourth-order valence-electron chi connectivity index (χ4n) is 1.83. The molecule has 0 aromatic heterocycles. The van der Waals surface area contributed by atoms with Crippen molar-refractivity contribution in [2.24, 2.45) is 0 Å². The van der Waals surface area contributed by atoms with Crippen molar-refractivity contribution in [3.8, 4) is 0 Å². The average Bonchev–Trinajstić information content (AvgIpc) is 2.60. The van der Waals surface area contributed by atoms with Crippen LogP contribution >= 0.6 is 0 Å². The minimum absolute atomic E-state index is 0.174. The molecular weight excluding hydrogens is 200 g/mol. The van der Waals surface area contributed by atoms with Crippen molar-refractivity contribution in [1.82, 2.24) is 0 Å². The summed E-state index contributed by atoms with van der Waals surface area (Å²) in [6.45, 7) is 5.79. The second-order valence-corrected chi connectivity index (χ2v) is 4.05. The largest absolute Gasteiger partial charge is 0.454 e. The van der Waals surface area contributed by atoms with E-state index >= 15 is 0 Å². The van der Waals surface area contributed by atoms with E-state index in [1.807, 2.05) is 37.3 Å². The number of benzene rings is 1. The Bertz CT molecular complexity index is 443. The van der Waals surface area contributed by atoms with Crippen LogP contribution in [0.3, 0.4) is 0 Å². The van der Waals surface area contributed by atoms with Gasteiger partial charge < -0.3 is 4.74 Å². The molecule has 1 aliphatic heterocycles. The summed E-state index contributed by atoms with van der Waals surface area (Å²) in [5, 5.41) is 0. The van der Waals surface area contributed by atoms with Crippen molar-refractivity contribution >= 4 is 11.5 Å². The molecule has 2 rings (SSSR count). The number of carbonyl (C=O) groups is 1. The Labute approximate surface area is 95.2 Å². The van der Waals surface area contributed by atoms with Crippen molar-refractivity contribution in [2.45, 2.75) is 19.4 Å². The monoisotopic (exact) mass is 214 g/mol. The summed E-state index contributed by atoms with van der Waals surface area (Å²) < 4.78 is 5.25. The van der Waals surface area contributed by atoms with E-state index in [1.165, 1.54) is 0 Å². The molecule has 1 atom stereocenters. The zero-order valence-corrected chi connectivity index (χ0v) is 9.27. The molecule has 82 valence electrons. The first-order chi connectivity index (χ1) is 7.66. The van der Waals surface area contributed by atoms with Gasteiger partial charge in [0.25, 0.3) is 0 Å². The van der Waals surface area contributed by atoms with Crippen LogP contribution in [0.4, 0.5) is 0 Å². The molecule has 1 heterocycles. The van der Waals surface area contributed by atoms with Crippen LogP contribution in [0.5, 0.6) is 0 Å². The first-order valence-electron chi connectivity index (χ1n) is 5.29. The maximum absolute atomic E-state index is 11.3. The molecule has 0 saturated heterocycles. The lowest BCUT2D eigenvalue weighted by Crippen LogP contribution is -2.11. The van der Waals surface area contributed by atoms with Gasteiger partial charge in [-0.15, -0.1) is 0 Å². The van der Waals surface area contributed by atoms with E-state index < -0.39 is 0 Å². The lowest BCUT2D eigenvalue weighted by atomic mass is 9.97. The maximum Gasteiger partial charge on any atom is 0.331 e. The number of hydrogen-bond acceptors (Lipinski definition) is 2. The fourth-order valence-corrected chi connectivity index (χ4v) is 1.83. The van der Waals surface area contributed by atoms with Crippen molar-refractivity contribution in [3.63, 3.8) is 0 Å². The van der Waals surface area contributed by atoms with Crippen molar-refractivity contribution < 1.29 is 9.53 Å². The maximum atomic E-state index is 11.3. The topological polar surface area (TPSA) is 26.3 Å². The molecule has 0 radical (unpaired) electrons. The van der Waals surface area contributed by atoms with E-state index in [2.05, 4.69) is 6.58 Å². The molecule has 1 aliphatic rings. The minimum Gasteiger partial charge on any atom is -0.454 e. The number of ether oxygens (including phenoxy) is 1. The molecule has 0 spiro atoms. The molecule has 16 heavy (non-hydrogen) atoms. The molecule has 2 heteroatoms. The second kappa shape index (κ2) is 4.35. The molecule has 0 amide bonds. The SMILES string of the molecule is C=C(C)C[C@H]1OC(=O)C=C1c1ccccc1. The summed E-state index contributed by atoms with van der Waals surface area (Å²) in [5.41, 5.74) is 3.01. The average molecular weight is 214 g/mol. The highest BCUT2D eigenvalue weighted by Gasteiger charge is 2.26. The lowest BCUT2D eigenvalue weighted by Gasteiger charge is -2.14. The van der Waals surface area contributed by atoms with E-state index in [0.717, 1.165) is 16.7 Å². The van der Waals surface area contributed by atoms with Crippen molar-refractivity contribution in [2.75, 3.05) is 0 Å². The summed E-state index contributed by atoms with van der Waals surface area (Å²) in [5.74, 6) is -0.259. The summed E-state index contributed by atoms with van der Waals surface area (Å²) in [6.07, 6.45) is 2.09. The smallest absolute Gasteiger partial charge is 0.331 e. The van der Waals surface area contributed by atoms with Gasteiger partial charge in [0.2, 0.25) is 0 Å². The van der Waals surface area contributed by atoms with Crippen LogP contribution in [0.2, 0.25) is 0 Å². The molecule has 0 unspecified atom stereocenters. The quantitative estimate of drug-likeness (QED) is 0.571. The number of esters is 1. The Morgan fingerprint density at radius 3 is 2.69 bits per heavy atom. The Morgan fingerprint density at radius 1 is 1.38 bits per heavy atom. The summed E-state index contributed by atoms with van der Waals surface area (Å²) in [4.78, 5) is 11.3. The van der Waals surface area contributed by atoms with E-state index in [-0.39, 0.29) is 12.1 Å². The van der Waals surface area contributed by atoms with E-state index in [0.29, 0.717) is 6.42 Å². The zero-order chi connectivity index (χ0) is 11.5. The molecule has 0 N–H and O–H groups in total. The number of rotatable bonds is 3. The van der Waals surface area contributed by atoms with Crippen molar-refractivity contribution in [3.05, 3.63) is 54.1 Å². The van der Waals surface area contributed by atoms with E-state index in [4.69, 9.17) is 4.74 Å². The van der Waals surface area contributed by atoms with Gasteiger partial charge in [-0.2, -0.15) is 0 Å². The summed E-state index contributed by atoms with van der Waals surface area (Å²) in [6, 6.07) is 9.83. The van der Waals surface area contributed by atoms with E-state index in [1.54, 1.807) is 6.08 Å². The van der Waals surface area contributed by atoms with Crippen LogP contribution < -0.4 is 0 Å². The Balaban J connectivity index is 2.27. The van der Waals surface area contributed by atoms with Crippen molar-refractivity contribution in [1.29, 1.82) is 0 Å². The first kappa shape index (κ1) is 10.7. The fraction of sp³-hybridized carbons (Fsp3) is 0.214. The summed E-state index contributed by atoms with van der Waals surface area (Å²) in [7, 11) is 0. The van der Waals surface area contributed by atoms with Gasteiger partial charge in [-0.3, -0.25) is 0 Å². The molecule has 0 fully saturated rings. The van der Waals surface area contributed by atoms with Gasteiger partial charge in [-0.05, 0) is 12.5 Å². The third kappa shape index (κ3) is 2.22. The van der Waals surface area contributed by atoms with Crippen LogP contribution in [0.25, 0.3) is 5.57 Å². The predicted octanol–water partition coefficient (Wildman–Crippen LogP) is 2.96. The highest BCUT2D eigenvalue weighted by Crippen LogP contribution is 2.29. The Hall–Kier alpha value is -1.83. The van der Waals surface area contributed by atoms with Gasteiger partial charge >= 0.3 is 5.97 Å². The molecule has 1 aromatic rings. The molecule has 0 bridgehead atoms. The van der Waals surface area contributed by atoms with Crippen LogP contribution in [-0.2, 0) is 9.53 Å². The normalized spacial score (nSPS) is 19.2. The van der Waals surface area contributed by atoms with Crippen LogP contribution in [0.1, 0.15) is 18.9 Å². The number of cyclic esters (lactones) is 1. The molecule has 2 nitrogen and oxygen atoms in total. The highest BCUT2D eigenvalue weighted by atomic mass is 16.5. The molecular formula is C14H14O2. The third-order valence-corrected chi connectivity index (χ3v) is 2.52. The Kier molecular flexibility index (Phi) is 2.91. The van der Waals surface area contributed by atoms with Gasteiger partial charge in [0, 0.05) is 18.1 Å². The highest BCUT2D eigenvalue weighted by molar-refractivity contribution is 5.97. The van der Waals surface area contributed by atoms with Crippen LogP contribution in [0.15, 0.2) is 48.6 Å². The van der Waals surface area contributed by atoms with Gasteiger partial charge in [-0.1, -0.05) is 42.5 Å². The van der Waals surface area contributed by atoms with E-state index in [9.17, 15) is 4.79 Å². The van der Waals surface area contributed by atoms with Crippen LogP contribution in [0, 0.1) is 0 Å². The number of carbonyl (C=O) groups excluding carboxylic acids is 1. The summed E-state index contributed by atoms with van der Waals surface area (Å²) >= 11 is 0. The van der Waals surface area contributed by atoms with Gasteiger partial charge in [-0.25, -0.2) is 4.79 Å². The minimum atomic E-state index is -0.259. The van der Waals surface area contributed by atoms with Crippen LogP contribution in [-0.4, -0.2) is 12.1 Å². The predicted molar refractivity (Wildman–Crippen MR) is 63.7 cm³/mol. The Morgan fingerprint density at radius 2 is 2.06 bits per heavy atom. The van der Waals surface area contributed by atoms with Gasteiger partial charge in [0.15, 0.2) is 0 Å². The van der Waals surface area contributed by atoms with Gasteiger partial charge in [0.05, 0.1) is 0 Å². The molecule has 0 aliphatic carbocycles. The van der Waals surface area contributed by atoms with Gasteiger partial charge in [0.1, 0.15) is 6.10 Å².